The van der Waals surface area contributed by atoms with Gasteiger partial charge in [-0.05, 0) is 51.2 Å². The maximum Gasteiger partial charge on any atom is 0.243 e. The number of sulfonamides is 1. The summed E-state index contributed by atoms with van der Waals surface area (Å²) in [5.41, 5.74) is 1.84. The minimum absolute atomic E-state index is 0.0532. The average molecular weight is 393 g/mol. The van der Waals surface area contributed by atoms with Crippen molar-refractivity contribution in [1.82, 2.24) is 9.21 Å². The molecule has 0 spiro atoms. The highest BCUT2D eigenvalue weighted by Crippen LogP contribution is 2.29. The summed E-state index contributed by atoms with van der Waals surface area (Å²) in [7, 11) is -1.56. The fourth-order valence-electron chi connectivity index (χ4n) is 4.51. The third-order valence-electron chi connectivity index (χ3n) is 6.22. The standard InChI is InChI=1S/C21H32N2O3S/c1-16-9-10-20(17(2)15-16)27(25,26)23-13-11-18(12-14-23)21(24)22(3)19-7-5-4-6-8-19/h9-10,15,18-19H,4-8,11-14H2,1-3H3. The predicted molar refractivity (Wildman–Crippen MR) is 107 cm³/mol. The Labute approximate surface area is 163 Å². The third kappa shape index (κ3) is 4.37. The largest absolute Gasteiger partial charge is 0.343 e. The summed E-state index contributed by atoms with van der Waals surface area (Å²) >= 11 is 0. The first kappa shape index (κ1) is 20.3. The molecule has 2 fully saturated rings. The first-order chi connectivity index (χ1) is 12.8. The number of hydrogen-bond donors (Lipinski definition) is 0. The molecule has 0 radical (unpaired) electrons. The zero-order chi connectivity index (χ0) is 19.6. The van der Waals surface area contributed by atoms with E-state index in [2.05, 4.69) is 0 Å². The van der Waals surface area contributed by atoms with Crippen molar-refractivity contribution in [1.29, 1.82) is 0 Å². The van der Waals surface area contributed by atoms with E-state index in [1.807, 2.05) is 37.9 Å². The predicted octanol–water partition coefficient (Wildman–Crippen LogP) is 3.50. The lowest BCUT2D eigenvalue weighted by molar-refractivity contribution is -0.138. The van der Waals surface area contributed by atoms with Crippen molar-refractivity contribution in [3.8, 4) is 0 Å². The highest BCUT2D eigenvalue weighted by atomic mass is 32.2. The highest BCUT2D eigenvalue weighted by molar-refractivity contribution is 7.89. The first-order valence-corrected chi connectivity index (χ1v) is 11.6. The number of aryl methyl sites for hydroxylation is 2. The van der Waals surface area contributed by atoms with Gasteiger partial charge in [0, 0.05) is 32.1 Å². The molecule has 0 bridgehead atoms. The second-order valence-corrected chi connectivity index (χ2v) is 10.1. The summed E-state index contributed by atoms with van der Waals surface area (Å²) in [6.07, 6.45) is 7.10. The lowest BCUT2D eigenvalue weighted by atomic mass is 9.91. The molecular weight excluding hydrogens is 360 g/mol. The molecule has 6 heteroatoms. The number of benzene rings is 1. The summed E-state index contributed by atoms with van der Waals surface area (Å²) < 4.78 is 27.6. The maximum atomic E-state index is 13.0. The normalized spacial score (nSPS) is 20.6. The number of rotatable bonds is 4. The molecule has 1 aliphatic carbocycles. The van der Waals surface area contributed by atoms with Gasteiger partial charge >= 0.3 is 0 Å². The smallest absolute Gasteiger partial charge is 0.243 e. The van der Waals surface area contributed by atoms with Crippen LogP contribution in [0.2, 0.25) is 0 Å². The van der Waals surface area contributed by atoms with Crippen LogP contribution in [0.15, 0.2) is 23.1 Å². The molecule has 1 amide bonds. The lowest BCUT2D eigenvalue weighted by Gasteiger charge is -2.36. The van der Waals surface area contributed by atoms with Crippen LogP contribution in [-0.2, 0) is 14.8 Å². The number of amides is 1. The average Bonchev–Trinajstić information content (AvgIpc) is 2.67. The summed E-state index contributed by atoms with van der Waals surface area (Å²) in [5, 5.41) is 0. The van der Waals surface area contributed by atoms with E-state index in [1.54, 1.807) is 10.4 Å². The Morgan fingerprint density at radius 1 is 1.04 bits per heavy atom. The highest BCUT2D eigenvalue weighted by Gasteiger charge is 2.35. The summed E-state index contributed by atoms with van der Waals surface area (Å²) in [4.78, 5) is 15.2. The topological polar surface area (TPSA) is 57.7 Å². The third-order valence-corrected chi connectivity index (χ3v) is 8.28. The Bertz CT molecular complexity index is 777. The Balaban J connectivity index is 1.63. The molecule has 0 N–H and O–H groups in total. The van der Waals surface area contributed by atoms with E-state index in [1.165, 1.54) is 19.3 Å². The number of hydrogen-bond acceptors (Lipinski definition) is 3. The molecule has 1 aromatic rings. The van der Waals surface area contributed by atoms with Crippen LogP contribution in [0.25, 0.3) is 0 Å². The monoisotopic (exact) mass is 392 g/mol. The van der Waals surface area contributed by atoms with Crippen LogP contribution in [0.1, 0.15) is 56.1 Å². The van der Waals surface area contributed by atoms with E-state index >= 15 is 0 Å². The van der Waals surface area contributed by atoms with E-state index in [4.69, 9.17) is 0 Å². The molecule has 1 heterocycles. The molecule has 0 aromatic heterocycles. The van der Waals surface area contributed by atoms with E-state index in [0.717, 1.165) is 24.0 Å². The summed E-state index contributed by atoms with van der Waals surface area (Å²) in [5.74, 6) is 0.146. The van der Waals surface area contributed by atoms with Gasteiger partial charge in [0.25, 0.3) is 0 Å². The summed E-state index contributed by atoms with van der Waals surface area (Å²) in [6, 6.07) is 5.81. The molecule has 0 unspecified atom stereocenters. The molecule has 0 atom stereocenters. The molecule has 27 heavy (non-hydrogen) atoms. The van der Waals surface area contributed by atoms with Gasteiger partial charge in [-0.15, -0.1) is 0 Å². The molecule has 2 aliphatic rings. The van der Waals surface area contributed by atoms with Gasteiger partial charge in [0.05, 0.1) is 4.90 Å². The van der Waals surface area contributed by atoms with Crippen molar-refractivity contribution >= 4 is 15.9 Å². The van der Waals surface area contributed by atoms with Gasteiger partial charge in [0.15, 0.2) is 0 Å². The van der Waals surface area contributed by atoms with Crippen LogP contribution in [0.4, 0.5) is 0 Å². The molecule has 150 valence electrons. The van der Waals surface area contributed by atoms with Gasteiger partial charge in [0.1, 0.15) is 0 Å². The second kappa shape index (κ2) is 8.31. The van der Waals surface area contributed by atoms with Gasteiger partial charge in [-0.1, -0.05) is 37.0 Å². The number of carbonyl (C=O) groups excluding carboxylic acids is 1. The zero-order valence-corrected chi connectivity index (χ0v) is 17.6. The summed E-state index contributed by atoms with van der Waals surface area (Å²) in [6.45, 7) is 4.65. The first-order valence-electron chi connectivity index (χ1n) is 10.1. The van der Waals surface area contributed by atoms with Crippen molar-refractivity contribution in [2.45, 2.75) is 69.7 Å². The van der Waals surface area contributed by atoms with E-state index in [0.29, 0.717) is 36.9 Å². The molecule has 1 aliphatic heterocycles. The minimum Gasteiger partial charge on any atom is -0.343 e. The Kier molecular flexibility index (Phi) is 6.26. The van der Waals surface area contributed by atoms with E-state index < -0.39 is 10.0 Å². The van der Waals surface area contributed by atoms with Crippen molar-refractivity contribution < 1.29 is 13.2 Å². The zero-order valence-electron chi connectivity index (χ0n) is 16.8. The van der Waals surface area contributed by atoms with Gasteiger partial charge in [-0.3, -0.25) is 4.79 Å². The van der Waals surface area contributed by atoms with Crippen molar-refractivity contribution in [3.05, 3.63) is 29.3 Å². The number of nitrogens with zero attached hydrogens (tertiary/aromatic N) is 2. The Morgan fingerprint density at radius 3 is 2.26 bits per heavy atom. The van der Waals surface area contributed by atoms with Gasteiger partial charge in [0.2, 0.25) is 15.9 Å². The van der Waals surface area contributed by atoms with Crippen molar-refractivity contribution in [3.63, 3.8) is 0 Å². The van der Waals surface area contributed by atoms with Crippen LogP contribution in [0, 0.1) is 19.8 Å². The van der Waals surface area contributed by atoms with Crippen LogP contribution in [-0.4, -0.2) is 49.7 Å². The fraction of sp³-hybridized carbons (Fsp3) is 0.667. The van der Waals surface area contributed by atoms with Crippen LogP contribution in [0.5, 0.6) is 0 Å². The molecular formula is C21H32N2O3S. The van der Waals surface area contributed by atoms with Crippen LogP contribution >= 0.6 is 0 Å². The second-order valence-electron chi connectivity index (χ2n) is 8.19. The van der Waals surface area contributed by atoms with E-state index in [-0.39, 0.29) is 11.8 Å². The molecule has 1 aromatic carbocycles. The van der Waals surface area contributed by atoms with Crippen molar-refractivity contribution in [2.75, 3.05) is 20.1 Å². The molecule has 5 nitrogen and oxygen atoms in total. The van der Waals surface area contributed by atoms with Gasteiger partial charge in [-0.2, -0.15) is 4.31 Å². The Morgan fingerprint density at radius 2 is 1.67 bits per heavy atom. The number of piperidine rings is 1. The van der Waals surface area contributed by atoms with Crippen molar-refractivity contribution in [2.24, 2.45) is 5.92 Å². The molecule has 1 saturated heterocycles. The van der Waals surface area contributed by atoms with E-state index in [9.17, 15) is 13.2 Å². The van der Waals surface area contributed by atoms with Gasteiger partial charge < -0.3 is 4.90 Å². The SMILES string of the molecule is Cc1ccc(S(=O)(=O)N2CCC(C(=O)N(C)C3CCCCC3)CC2)c(C)c1. The number of carbonyl (C=O) groups is 1. The quantitative estimate of drug-likeness (QED) is 0.788. The maximum absolute atomic E-state index is 13.0. The molecule has 3 rings (SSSR count). The Hall–Kier alpha value is -1.40. The van der Waals surface area contributed by atoms with Crippen LogP contribution in [0.3, 0.4) is 0 Å². The fourth-order valence-corrected chi connectivity index (χ4v) is 6.18. The minimum atomic E-state index is -3.49. The van der Waals surface area contributed by atoms with Gasteiger partial charge in [-0.25, -0.2) is 8.42 Å². The lowest BCUT2D eigenvalue weighted by Crippen LogP contribution is -2.46. The molecule has 1 saturated carbocycles. The van der Waals surface area contributed by atoms with Crippen LogP contribution < -0.4 is 0 Å².